The van der Waals surface area contributed by atoms with E-state index in [2.05, 4.69) is 19.2 Å². The molecule has 1 atom stereocenters. The Kier molecular flexibility index (Phi) is 6.03. The molecule has 0 unspecified atom stereocenters. The van der Waals surface area contributed by atoms with E-state index in [0.717, 1.165) is 23.4 Å². The van der Waals surface area contributed by atoms with Crippen molar-refractivity contribution in [2.45, 2.75) is 26.2 Å². The Hall–Kier alpha value is -2.49. The number of anilines is 1. The molecule has 0 aliphatic carbocycles. The second-order valence-corrected chi connectivity index (χ2v) is 5.41. The fourth-order valence-corrected chi connectivity index (χ4v) is 2.27. The second kappa shape index (κ2) is 8.22. The zero-order chi connectivity index (χ0) is 16.7. The summed E-state index contributed by atoms with van der Waals surface area (Å²) >= 11 is 0. The summed E-state index contributed by atoms with van der Waals surface area (Å²) in [6.07, 6.45) is 1.02. The van der Waals surface area contributed by atoms with Gasteiger partial charge >= 0.3 is 0 Å². The van der Waals surface area contributed by atoms with Gasteiger partial charge in [-0.3, -0.25) is 4.79 Å². The van der Waals surface area contributed by atoms with Crippen molar-refractivity contribution in [3.63, 3.8) is 0 Å². The fraction of sp³-hybridized carbons (Fsp3) is 0.316. The largest absolute Gasteiger partial charge is 0.497 e. The minimum absolute atomic E-state index is 0.0266. The molecule has 4 heteroatoms. The third-order valence-electron chi connectivity index (χ3n) is 3.81. The first kappa shape index (κ1) is 16.9. The molecule has 2 rings (SSSR count). The van der Waals surface area contributed by atoms with E-state index in [1.54, 1.807) is 31.4 Å². The van der Waals surface area contributed by atoms with E-state index in [0.29, 0.717) is 11.7 Å². The number of carbonyl (C=O) groups excluding carboxylic acids is 1. The predicted molar refractivity (Wildman–Crippen MR) is 92.3 cm³/mol. The molecule has 23 heavy (non-hydrogen) atoms. The highest BCUT2D eigenvalue weighted by molar-refractivity contribution is 5.92. The molecule has 0 saturated carbocycles. The van der Waals surface area contributed by atoms with Crippen LogP contribution < -0.4 is 14.8 Å². The molecule has 0 heterocycles. The summed E-state index contributed by atoms with van der Waals surface area (Å²) < 4.78 is 10.6. The molecule has 2 aromatic rings. The molecule has 0 aliphatic rings. The van der Waals surface area contributed by atoms with E-state index in [9.17, 15) is 4.79 Å². The quantitative estimate of drug-likeness (QED) is 0.832. The van der Waals surface area contributed by atoms with Crippen molar-refractivity contribution in [2.75, 3.05) is 19.0 Å². The lowest BCUT2D eigenvalue weighted by Crippen LogP contribution is -2.21. The standard InChI is InChI=1S/C19H23NO3/c1-4-14(2)17-7-5-6-8-18(17)20-19(21)13-23-16-11-9-15(22-3)10-12-16/h5-12,14H,4,13H2,1-3H3,(H,20,21)/t14-/m1/s1. The first-order valence-electron chi connectivity index (χ1n) is 7.79. The molecule has 2 aromatic carbocycles. The van der Waals surface area contributed by atoms with Gasteiger partial charge in [-0.25, -0.2) is 0 Å². The highest BCUT2D eigenvalue weighted by Crippen LogP contribution is 2.26. The number of amides is 1. The van der Waals surface area contributed by atoms with Crippen molar-refractivity contribution in [3.8, 4) is 11.5 Å². The van der Waals surface area contributed by atoms with E-state index >= 15 is 0 Å². The maximum atomic E-state index is 12.1. The number of hydrogen-bond acceptors (Lipinski definition) is 3. The highest BCUT2D eigenvalue weighted by Gasteiger charge is 2.11. The monoisotopic (exact) mass is 313 g/mol. The zero-order valence-electron chi connectivity index (χ0n) is 13.8. The van der Waals surface area contributed by atoms with Crippen molar-refractivity contribution in [2.24, 2.45) is 0 Å². The lowest BCUT2D eigenvalue weighted by Gasteiger charge is -2.15. The van der Waals surface area contributed by atoms with Crippen LogP contribution in [0.3, 0.4) is 0 Å². The number of ether oxygens (including phenoxy) is 2. The number of para-hydroxylation sites is 1. The molecule has 1 N–H and O–H groups in total. The van der Waals surface area contributed by atoms with Gasteiger partial charge in [-0.2, -0.15) is 0 Å². The number of nitrogens with one attached hydrogen (secondary N) is 1. The minimum Gasteiger partial charge on any atom is -0.497 e. The highest BCUT2D eigenvalue weighted by atomic mass is 16.5. The topological polar surface area (TPSA) is 47.6 Å². The number of methoxy groups -OCH3 is 1. The maximum absolute atomic E-state index is 12.1. The molecule has 0 aliphatic heterocycles. The normalized spacial score (nSPS) is 11.6. The minimum atomic E-state index is -0.170. The summed E-state index contributed by atoms with van der Waals surface area (Å²) in [4.78, 5) is 12.1. The van der Waals surface area contributed by atoms with Crippen LogP contribution in [-0.4, -0.2) is 19.6 Å². The average molecular weight is 313 g/mol. The Balaban J connectivity index is 1.94. The third-order valence-corrected chi connectivity index (χ3v) is 3.81. The Morgan fingerprint density at radius 1 is 1.09 bits per heavy atom. The van der Waals surface area contributed by atoms with Crippen molar-refractivity contribution in [1.82, 2.24) is 0 Å². The molecule has 0 bridgehead atoms. The summed E-state index contributed by atoms with van der Waals surface area (Å²) in [7, 11) is 1.61. The maximum Gasteiger partial charge on any atom is 0.262 e. The Bertz CT molecular complexity index is 637. The zero-order valence-corrected chi connectivity index (χ0v) is 13.8. The van der Waals surface area contributed by atoms with Gasteiger partial charge in [0.1, 0.15) is 11.5 Å². The van der Waals surface area contributed by atoms with Crippen molar-refractivity contribution in [3.05, 3.63) is 54.1 Å². The molecule has 4 nitrogen and oxygen atoms in total. The molecular formula is C19H23NO3. The van der Waals surface area contributed by atoms with E-state index in [1.807, 2.05) is 24.3 Å². The fourth-order valence-electron chi connectivity index (χ4n) is 2.27. The van der Waals surface area contributed by atoms with E-state index in [-0.39, 0.29) is 12.5 Å². The van der Waals surface area contributed by atoms with Gasteiger partial charge in [0, 0.05) is 5.69 Å². The molecule has 122 valence electrons. The van der Waals surface area contributed by atoms with Crippen molar-refractivity contribution in [1.29, 1.82) is 0 Å². The third kappa shape index (κ3) is 4.74. The van der Waals surface area contributed by atoms with Crippen LogP contribution >= 0.6 is 0 Å². The summed E-state index contributed by atoms with van der Waals surface area (Å²) in [5.41, 5.74) is 2.00. The molecule has 0 radical (unpaired) electrons. The van der Waals surface area contributed by atoms with E-state index < -0.39 is 0 Å². The van der Waals surface area contributed by atoms with Crippen LogP contribution in [0.1, 0.15) is 31.7 Å². The lowest BCUT2D eigenvalue weighted by molar-refractivity contribution is -0.118. The van der Waals surface area contributed by atoms with Gasteiger partial charge in [-0.1, -0.05) is 32.0 Å². The molecular weight excluding hydrogens is 290 g/mol. The van der Waals surface area contributed by atoms with Crippen molar-refractivity contribution < 1.29 is 14.3 Å². The number of carbonyl (C=O) groups is 1. The molecule has 0 aromatic heterocycles. The van der Waals surface area contributed by atoms with Gasteiger partial charge in [0.25, 0.3) is 5.91 Å². The van der Waals surface area contributed by atoms with Gasteiger partial charge in [0.2, 0.25) is 0 Å². The number of benzene rings is 2. The van der Waals surface area contributed by atoms with Gasteiger partial charge in [-0.05, 0) is 48.2 Å². The summed E-state index contributed by atoms with van der Waals surface area (Å²) in [6, 6.07) is 15.0. The predicted octanol–water partition coefficient (Wildman–Crippen LogP) is 4.23. The smallest absolute Gasteiger partial charge is 0.262 e. The summed E-state index contributed by atoms with van der Waals surface area (Å²) in [5.74, 6) is 1.62. The molecule has 0 fully saturated rings. The van der Waals surface area contributed by atoms with Gasteiger partial charge in [-0.15, -0.1) is 0 Å². The number of rotatable bonds is 7. The number of hydrogen-bond donors (Lipinski definition) is 1. The van der Waals surface area contributed by atoms with Crippen LogP contribution in [-0.2, 0) is 4.79 Å². The van der Waals surface area contributed by atoms with Crippen LogP contribution in [0.5, 0.6) is 11.5 Å². The SMILES string of the molecule is CC[C@@H](C)c1ccccc1NC(=O)COc1ccc(OC)cc1. The lowest BCUT2D eigenvalue weighted by atomic mass is 9.97. The molecule has 1 amide bonds. The van der Waals surface area contributed by atoms with E-state index in [4.69, 9.17) is 9.47 Å². The van der Waals surface area contributed by atoms with Crippen LogP contribution in [0.25, 0.3) is 0 Å². The molecule has 0 spiro atoms. The summed E-state index contributed by atoms with van der Waals surface area (Å²) in [5, 5.41) is 2.93. The molecule has 0 saturated heterocycles. The Morgan fingerprint density at radius 3 is 2.39 bits per heavy atom. The summed E-state index contributed by atoms with van der Waals surface area (Å²) in [6.45, 7) is 4.26. The van der Waals surface area contributed by atoms with Gasteiger partial charge in [0.05, 0.1) is 7.11 Å². The van der Waals surface area contributed by atoms with Crippen LogP contribution in [0.15, 0.2) is 48.5 Å². The van der Waals surface area contributed by atoms with Crippen LogP contribution in [0, 0.1) is 0 Å². The van der Waals surface area contributed by atoms with Crippen molar-refractivity contribution >= 4 is 11.6 Å². The second-order valence-electron chi connectivity index (χ2n) is 5.41. The van der Waals surface area contributed by atoms with Crippen LogP contribution in [0.4, 0.5) is 5.69 Å². The van der Waals surface area contributed by atoms with E-state index in [1.165, 1.54) is 0 Å². The first-order valence-corrected chi connectivity index (χ1v) is 7.79. The Labute approximate surface area is 137 Å². The first-order chi connectivity index (χ1) is 11.1. The average Bonchev–Trinajstić information content (AvgIpc) is 2.60. The van der Waals surface area contributed by atoms with Crippen LogP contribution in [0.2, 0.25) is 0 Å². The van der Waals surface area contributed by atoms with Gasteiger partial charge in [0.15, 0.2) is 6.61 Å². The Morgan fingerprint density at radius 2 is 1.74 bits per heavy atom. The van der Waals surface area contributed by atoms with Gasteiger partial charge < -0.3 is 14.8 Å².